The Morgan fingerprint density at radius 2 is 1.84 bits per heavy atom. The lowest BCUT2D eigenvalue weighted by atomic mass is 10.1. The van der Waals surface area contributed by atoms with Crippen molar-refractivity contribution in [2.45, 2.75) is 44.0 Å². The molecule has 1 fully saturated rings. The minimum atomic E-state index is -3.52. The smallest absolute Gasteiger partial charge is 0.243 e. The van der Waals surface area contributed by atoms with Crippen LogP contribution in [0.1, 0.15) is 43.0 Å². The number of carbonyl (C=O) groups excluding carboxylic acids is 2. The van der Waals surface area contributed by atoms with E-state index in [0.717, 1.165) is 24.8 Å². The number of nitrogens with one attached hydrogen (secondary N) is 1. The number of amides is 1. The second-order valence-corrected chi connectivity index (χ2v) is 9.93. The van der Waals surface area contributed by atoms with Crippen LogP contribution in [0.2, 0.25) is 0 Å². The molecule has 1 aliphatic heterocycles. The number of imidazole rings is 1. The van der Waals surface area contributed by atoms with Gasteiger partial charge in [0.25, 0.3) is 0 Å². The molecule has 0 radical (unpaired) electrons. The molecule has 3 aromatic rings. The lowest BCUT2D eigenvalue weighted by Gasteiger charge is -2.25. The first-order chi connectivity index (χ1) is 15.3. The fourth-order valence-electron chi connectivity index (χ4n) is 3.90. The number of rotatable bonds is 7. The number of ketones is 1. The number of aryl methyl sites for hydroxylation is 1. The Labute approximate surface area is 187 Å². The maximum atomic E-state index is 12.9. The molecular weight excluding hydrogens is 428 g/mol. The zero-order valence-corrected chi connectivity index (χ0v) is 18.8. The Kier molecular flexibility index (Phi) is 6.38. The molecule has 2 heterocycles. The number of nitrogens with zero attached hydrogens (tertiary/aromatic N) is 3. The van der Waals surface area contributed by atoms with Crippen molar-refractivity contribution in [1.82, 2.24) is 13.9 Å². The standard InChI is InChI=1S/C23H26N4O4S/c1-17(28)18-6-5-7-19(14-18)25-23(29)10-13-26-16-24-21-15-20(8-9-22(21)26)32(30,31)27-11-3-2-4-12-27/h5-9,14-16H,2-4,10-13H2,1H3,(H,25,29). The van der Waals surface area contributed by atoms with E-state index in [4.69, 9.17) is 0 Å². The number of fused-ring (bicyclic) bond motifs is 1. The van der Waals surface area contributed by atoms with E-state index >= 15 is 0 Å². The van der Waals surface area contributed by atoms with Gasteiger partial charge in [0.05, 0.1) is 22.3 Å². The molecule has 168 valence electrons. The third-order valence-electron chi connectivity index (χ3n) is 5.68. The predicted octanol–water partition coefficient (Wildman–Crippen LogP) is 3.44. The van der Waals surface area contributed by atoms with Gasteiger partial charge >= 0.3 is 0 Å². The third-order valence-corrected chi connectivity index (χ3v) is 7.57. The molecule has 0 spiro atoms. The minimum absolute atomic E-state index is 0.0624. The lowest BCUT2D eigenvalue weighted by Crippen LogP contribution is -2.35. The molecule has 0 unspecified atom stereocenters. The first kappa shape index (κ1) is 22.2. The quantitative estimate of drug-likeness (QED) is 0.551. The summed E-state index contributed by atoms with van der Waals surface area (Å²) in [6.45, 7) is 2.99. The van der Waals surface area contributed by atoms with Gasteiger partial charge in [0.1, 0.15) is 0 Å². The van der Waals surface area contributed by atoms with Gasteiger partial charge in [-0.25, -0.2) is 13.4 Å². The Balaban J connectivity index is 1.43. The van der Waals surface area contributed by atoms with Gasteiger partial charge in [-0.2, -0.15) is 4.31 Å². The summed E-state index contributed by atoms with van der Waals surface area (Å²) >= 11 is 0. The molecule has 1 amide bonds. The van der Waals surface area contributed by atoms with Crippen LogP contribution in [0.4, 0.5) is 5.69 Å². The van der Waals surface area contributed by atoms with Crippen molar-refractivity contribution in [2.24, 2.45) is 0 Å². The second-order valence-electron chi connectivity index (χ2n) is 7.99. The number of sulfonamides is 1. The summed E-state index contributed by atoms with van der Waals surface area (Å²) in [6, 6.07) is 11.8. The van der Waals surface area contributed by atoms with Crippen molar-refractivity contribution in [3.8, 4) is 0 Å². The first-order valence-corrected chi connectivity index (χ1v) is 12.1. The van der Waals surface area contributed by atoms with E-state index < -0.39 is 10.0 Å². The second kappa shape index (κ2) is 9.22. The Bertz CT molecular complexity index is 1260. The van der Waals surface area contributed by atoms with E-state index in [-0.39, 0.29) is 23.0 Å². The van der Waals surface area contributed by atoms with Gasteiger partial charge in [0.15, 0.2) is 5.78 Å². The van der Waals surface area contributed by atoms with Crippen LogP contribution in [0.5, 0.6) is 0 Å². The van der Waals surface area contributed by atoms with E-state index in [1.165, 1.54) is 6.92 Å². The number of anilines is 1. The number of Topliss-reactive ketones (excluding diaryl/α,β-unsaturated/α-hetero) is 1. The first-order valence-electron chi connectivity index (χ1n) is 10.7. The molecule has 0 bridgehead atoms. The summed E-state index contributed by atoms with van der Waals surface area (Å²) in [6.07, 6.45) is 4.66. The zero-order chi connectivity index (χ0) is 22.7. The van der Waals surface area contributed by atoms with Crippen molar-refractivity contribution in [2.75, 3.05) is 18.4 Å². The van der Waals surface area contributed by atoms with Gasteiger partial charge in [-0.15, -0.1) is 0 Å². The average Bonchev–Trinajstić information content (AvgIpc) is 3.21. The summed E-state index contributed by atoms with van der Waals surface area (Å²) in [5, 5.41) is 2.80. The molecular formula is C23H26N4O4S. The maximum absolute atomic E-state index is 12.9. The molecule has 1 aromatic heterocycles. The van der Waals surface area contributed by atoms with Gasteiger partial charge in [0, 0.05) is 37.3 Å². The minimum Gasteiger partial charge on any atom is -0.330 e. The molecule has 32 heavy (non-hydrogen) atoms. The largest absolute Gasteiger partial charge is 0.330 e. The predicted molar refractivity (Wildman–Crippen MR) is 122 cm³/mol. The van der Waals surface area contributed by atoms with Crippen LogP contribution in [0.3, 0.4) is 0 Å². The number of piperidine rings is 1. The fourth-order valence-corrected chi connectivity index (χ4v) is 5.44. The summed E-state index contributed by atoms with van der Waals surface area (Å²) in [7, 11) is -3.52. The molecule has 8 nitrogen and oxygen atoms in total. The topological polar surface area (TPSA) is 101 Å². The van der Waals surface area contributed by atoms with Gasteiger partial charge in [-0.3, -0.25) is 9.59 Å². The Hall–Kier alpha value is -3.04. The molecule has 1 aliphatic rings. The summed E-state index contributed by atoms with van der Waals surface area (Å²) in [5.74, 6) is -0.246. The molecule has 4 rings (SSSR count). The van der Waals surface area contributed by atoms with E-state index in [2.05, 4.69) is 10.3 Å². The molecule has 1 N–H and O–H groups in total. The van der Waals surface area contributed by atoms with Crippen LogP contribution in [-0.4, -0.2) is 47.1 Å². The van der Waals surface area contributed by atoms with Crippen LogP contribution >= 0.6 is 0 Å². The number of carbonyl (C=O) groups is 2. The van der Waals surface area contributed by atoms with E-state index in [0.29, 0.717) is 36.4 Å². The molecule has 9 heteroatoms. The molecule has 0 aliphatic carbocycles. The average molecular weight is 455 g/mol. The van der Waals surface area contributed by atoms with Crippen molar-refractivity contribution in [1.29, 1.82) is 0 Å². The molecule has 0 saturated carbocycles. The SMILES string of the molecule is CC(=O)c1cccc(NC(=O)CCn2cnc3cc(S(=O)(=O)N4CCCCC4)ccc32)c1. The zero-order valence-electron chi connectivity index (χ0n) is 18.0. The summed E-state index contributed by atoms with van der Waals surface area (Å²) in [5.41, 5.74) is 2.47. The van der Waals surface area contributed by atoms with E-state index in [1.54, 1.807) is 53.1 Å². The maximum Gasteiger partial charge on any atom is 0.243 e. The van der Waals surface area contributed by atoms with Gasteiger partial charge in [-0.05, 0) is 50.1 Å². The van der Waals surface area contributed by atoms with Crippen LogP contribution in [0, 0.1) is 0 Å². The highest BCUT2D eigenvalue weighted by Gasteiger charge is 2.26. The van der Waals surface area contributed by atoms with E-state index in [1.807, 2.05) is 4.57 Å². The monoisotopic (exact) mass is 454 g/mol. The van der Waals surface area contributed by atoms with Crippen molar-refractivity contribution < 1.29 is 18.0 Å². The number of benzene rings is 2. The van der Waals surface area contributed by atoms with Crippen LogP contribution in [-0.2, 0) is 21.4 Å². The Morgan fingerprint density at radius 1 is 1.06 bits per heavy atom. The van der Waals surface area contributed by atoms with Gasteiger partial charge in [-0.1, -0.05) is 18.6 Å². The lowest BCUT2D eigenvalue weighted by molar-refractivity contribution is -0.116. The van der Waals surface area contributed by atoms with Gasteiger partial charge < -0.3 is 9.88 Å². The highest BCUT2D eigenvalue weighted by Crippen LogP contribution is 2.24. The van der Waals surface area contributed by atoms with Crippen LogP contribution < -0.4 is 5.32 Å². The Morgan fingerprint density at radius 3 is 2.59 bits per heavy atom. The number of aromatic nitrogens is 2. The van der Waals surface area contributed by atoms with E-state index in [9.17, 15) is 18.0 Å². The molecule has 2 aromatic carbocycles. The van der Waals surface area contributed by atoms with Crippen LogP contribution in [0.15, 0.2) is 53.7 Å². The highest BCUT2D eigenvalue weighted by molar-refractivity contribution is 7.89. The summed E-state index contributed by atoms with van der Waals surface area (Å²) < 4.78 is 29.2. The van der Waals surface area contributed by atoms with Crippen LogP contribution in [0.25, 0.3) is 11.0 Å². The van der Waals surface area contributed by atoms with Gasteiger partial charge in [0.2, 0.25) is 15.9 Å². The molecule has 0 atom stereocenters. The number of hydrogen-bond acceptors (Lipinski definition) is 5. The summed E-state index contributed by atoms with van der Waals surface area (Å²) in [4.78, 5) is 28.5. The fraction of sp³-hybridized carbons (Fsp3) is 0.348. The highest BCUT2D eigenvalue weighted by atomic mass is 32.2. The normalized spacial score (nSPS) is 15.0. The molecule has 1 saturated heterocycles. The number of hydrogen-bond donors (Lipinski definition) is 1. The van der Waals surface area contributed by atoms with Crippen molar-refractivity contribution in [3.63, 3.8) is 0 Å². The van der Waals surface area contributed by atoms with Crippen molar-refractivity contribution >= 4 is 38.4 Å². The van der Waals surface area contributed by atoms with Crippen molar-refractivity contribution in [3.05, 3.63) is 54.4 Å². The third kappa shape index (κ3) is 4.73.